The van der Waals surface area contributed by atoms with Gasteiger partial charge in [0.15, 0.2) is 0 Å². The third-order valence-corrected chi connectivity index (χ3v) is 6.61. The lowest BCUT2D eigenvalue weighted by molar-refractivity contribution is -0.121. The molecule has 178 valence electrons. The van der Waals surface area contributed by atoms with Gasteiger partial charge in [0.1, 0.15) is 17.3 Å². The molecule has 34 heavy (non-hydrogen) atoms. The fraction of sp³-hybridized carbons (Fsp3) is 0.167. The third-order valence-electron chi connectivity index (χ3n) is 4.80. The number of methoxy groups -OCH3 is 2. The molecule has 0 radical (unpaired) electrons. The second-order valence-electron chi connectivity index (χ2n) is 7.11. The molecule has 3 aromatic rings. The van der Waals surface area contributed by atoms with Gasteiger partial charge in [0.25, 0.3) is 5.91 Å². The molecular formula is C24H24FN3O5S. The van der Waals surface area contributed by atoms with Gasteiger partial charge in [0.05, 0.1) is 31.9 Å². The van der Waals surface area contributed by atoms with Crippen LogP contribution < -0.4 is 14.9 Å². The van der Waals surface area contributed by atoms with Gasteiger partial charge in [0, 0.05) is 12.1 Å². The van der Waals surface area contributed by atoms with Crippen molar-refractivity contribution >= 4 is 22.1 Å². The monoisotopic (exact) mass is 485 g/mol. The predicted octanol–water partition coefficient (Wildman–Crippen LogP) is 3.18. The molecule has 0 spiro atoms. The van der Waals surface area contributed by atoms with Crippen molar-refractivity contribution in [2.45, 2.75) is 11.4 Å². The largest absolute Gasteiger partial charge is 0.497 e. The number of halogens is 1. The van der Waals surface area contributed by atoms with Gasteiger partial charge >= 0.3 is 0 Å². The molecule has 0 aliphatic rings. The lowest BCUT2D eigenvalue weighted by Crippen LogP contribution is -2.39. The number of amides is 1. The number of hydrazone groups is 1. The highest BCUT2D eigenvalue weighted by atomic mass is 32.2. The van der Waals surface area contributed by atoms with Crippen molar-refractivity contribution < 1.29 is 27.1 Å². The van der Waals surface area contributed by atoms with Crippen LogP contribution in [0.2, 0.25) is 0 Å². The summed E-state index contributed by atoms with van der Waals surface area (Å²) < 4.78 is 51.1. The van der Waals surface area contributed by atoms with Crippen molar-refractivity contribution in [1.29, 1.82) is 0 Å². The maximum absolute atomic E-state index is 13.3. The number of rotatable bonds is 10. The van der Waals surface area contributed by atoms with E-state index in [4.69, 9.17) is 9.47 Å². The molecule has 0 bridgehead atoms. The highest BCUT2D eigenvalue weighted by Gasteiger charge is 2.26. The Morgan fingerprint density at radius 3 is 2.38 bits per heavy atom. The summed E-state index contributed by atoms with van der Waals surface area (Å²) in [6.07, 6.45) is 1.37. The standard InChI is InChI=1S/C24H24FN3O5S/c1-32-21-12-13-23(33-2)19(14-21)15-26-27-24(29)17-28(16-18-8-10-20(25)11-9-18)34(30,31)22-6-4-3-5-7-22/h3-15H,16-17H2,1-2H3,(H,27,29)/b26-15-. The molecule has 1 amide bonds. The molecule has 0 aromatic heterocycles. The Morgan fingerprint density at radius 1 is 1.03 bits per heavy atom. The second kappa shape index (κ2) is 11.4. The van der Waals surface area contributed by atoms with E-state index in [2.05, 4.69) is 10.5 Å². The summed E-state index contributed by atoms with van der Waals surface area (Å²) in [5.41, 5.74) is 3.42. The molecule has 3 rings (SSSR count). The second-order valence-corrected chi connectivity index (χ2v) is 9.05. The zero-order chi connectivity index (χ0) is 24.6. The maximum atomic E-state index is 13.3. The van der Waals surface area contributed by atoms with Gasteiger partial charge in [-0.15, -0.1) is 0 Å². The summed E-state index contributed by atoms with van der Waals surface area (Å²) in [7, 11) is -0.990. The number of hydrogen-bond donors (Lipinski definition) is 1. The summed E-state index contributed by atoms with van der Waals surface area (Å²) in [6.45, 7) is -0.625. The molecule has 3 aromatic carbocycles. The van der Waals surface area contributed by atoms with Gasteiger partial charge in [-0.05, 0) is 48.0 Å². The highest BCUT2D eigenvalue weighted by molar-refractivity contribution is 7.89. The van der Waals surface area contributed by atoms with Crippen LogP contribution in [-0.2, 0) is 21.4 Å². The van der Waals surface area contributed by atoms with Crippen LogP contribution in [0.5, 0.6) is 11.5 Å². The van der Waals surface area contributed by atoms with Gasteiger partial charge in [-0.3, -0.25) is 4.79 Å². The van der Waals surface area contributed by atoms with Crippen LogP contribution in [0.3, 0.4) is 0 Å². The van der Waals surface area contributed by atoms with E-state index in [1.807, 2.05) is 0 Å². The number of carbonyl (C=O) groups is 1. The first kappa shape index (κ1) is 24.9. The molecule has 0 atom stereocenters. The minimum Gasteiger partial charge on any atom is -0.497 e. The minimum absolute atomic E-state index is 0.0366. The molecular weight excluding hydrogens is 461 g/mol. The lowest BCUT2D eigenvalue weighted by Gasteiger charge is -2.21. The Kier molecular flexibility index (Phi) is 8.34. The van der Waals surface area contributed by atoms with Crippen LogP contribution in [0, 0.1) is 5.82 Å². The molecule has 0 aliphatic carbocycles. The van der Waals surface area contributed by atoms with Crippen LogP contribution in [0.4, 0.5) is 4.39 Å². The fourth-order valence-corrected chi connectivity index (χ4v) is 4.48. The van der Waals surface area contributed by atoms with Crippen molar-refractivity contribution in [2.24, 2.45) is 5.10 Å². The average Bonchev–Trinajstić information content (AvgIpc) is 2.85. The van der Waals surface area contributed by atoms with E-state index in [1.54, 1.807) is 36.4 Å². The van der Waals surface area contributed by atoms with Gasteiger partial charge in [-0.2, -0.15) is 9.41 Å². The molecule has 0 unspecified atom stereocenters. The third kappa shape index (κ3) is 6.40. The first-order valence-corrected chi connectivity index (χ1v) is 11.6. The van der Waals surface area contributed by atoms with E-state index in [0.717, 1.165) is 4.31 Å². The van der Waals surface area contributed by atoms with Crippen LogP contribution in [-0.4, -0.2) is 45.6 Å². The molecule has 1 N–H and O–H groups in total. The van der Waals surface area contributed by atoms with Crippen molar-refractivity contribution in [1.82, 2.24) is 9.73 Å². The molecule has 0 saturated heterocycles. The fourth-order valence-electron chi connectivity index (χ4n) is 3.07. The van der Waals surface area contributed by atoms with Gasteiger partial charge in [0.2, 0.25) is 10.0 Å². The Hall–Kier alpha value is -3.76. The highest BCUT2D eigenvalue weighted by Crippen LogP contribution is 2.22. The van der Waals surface area contributed by atoms with E-state index in [-0.39, 0.29) is 11.4 Å². The number of nitrogens with one attached hydrogen (secondary N) is 1. The van der Waals surface area contributed by atoms with E-state index in [9.17, 15) is 17.6 Å². The van der Waals surface area contributed by atoms with E-state index in [1.165, 1.54) is 56.8 Å². The summed E-state index contributed by atoms with van der Waals surface area (Å²) in [4.78, 5) is 12.6. The Morgan fingerprint density at radius 2 is 1.74 bits per heavy atom. The summed E-state index contributed by atoms with van der Waals surface area (Å²) in [5, 5.41) is 3.92. The van der Waals surface area contributed by atoms with Gasteiger partial charge < -0.3 is 9.47 Å². The zero-order valence-corrected chi connectivity index (χ0v) is 19.5. The first-order valence-electron chi connectivity index (χ1n) is 10.2. The smallest absolute Gasteiger partial charge is 0.255 e. The van der Waals surface area contributed by atoms with Crippen LogP contribution in [0.1, 0.15) is 11.1 Å². The number of sulfonamides is 1. The molecule has 0 aliphatic heterocycles. The molecule has 8 nitrogen and oxygen atoms in total. The number of benzene rings is 3. The average molecular weight is 486 g/mol. The minimum atomic E-state index is -4.01. The number of nitrogens with zero attached hydrogens (tertiary/aromatic N) is 2. The van der Waals surface area contributed by atoms with E-state index in [0.29, 0.717) is 22.6 Å². The predicted molar refractivity (Wildman–Crippen MR) is 126 cm³/mol. The summed E-state index contributed by atoms with van der Waals surface area (Å²) in [6, 6.07) is 18.2. The first-order chi connectivity index (χ1) is 16.3. The molecule has 10 heteroatoms. The Bertz CT molecular complexity index is 1250. The number of ether oxygens (including phenoxy) is 2. The van der Waals surface area contributed by atoms with E-state index < -0.39 is 28.3 Å². The van der Waals surface area contributed by atoms with Crippen molar-refractivity contribution in [3.8, 4) is 11.5 Å². The van der Waals surface area contributed by atoms with Gasteiger partial charge in [-0.1, -0.05) is 30.3 Å². The summed E-state index contributed by atoms with van der Waals surface area (Å²) >= 11 is 0. The normalized spacial score (nSPS) is 11.5. The topological polar surface area (TPSA) is 97.3 Å². The SMILES string of the molecule is COc1ccc(OC)c(/C=N\NC(=O)CN(Cc2ccc(F)cc2)S(=O)(=O)c2ccccc2)c1. The zero-order valence-electron chi connectivity index (χ0n) is 18.6. The van der Waals surface area contributed by atoms with Gasteiger partial charge in [-0.25, -0.2) is 18.2 Å². The van der Waals surface area contributed by atoms with Crippen LogP contribution in [0.15, 0.2) is 82.8 Å². The lowest BCUT2D eigenvalue weighted by atomic mass is 10.2. The Labute approximate surface area is 197 Å². The summed E-state index contributed by atoms with van der Waals surface area (Å²) in [5.74, 6) is -0.00241. The number of carbonyl (C=O) groups excluding carboxylic acids is 1. The quantitative estimate of drug-likeness (QED) is 0.351. The molecule has 0 fully saturated rings. The van der Waals surface area contributed by atoms with Crippen LogP contribution in [0.25, 0.3) is 0 Å². The molecule has 0 heterocycles. The number of hydrogen-bond acceptors (Lipinski definition) is 6. The maximum Gasteiger partial charge on any atom is 0.255 e. The molecule has 0 saturated carbocycles. The van der Waals surface area contributed by atoms with Crippen molar-refractivity contribution in [3.05, 3.63) is 89.7 Å². The Balaban J connectivity index is 1.78. The van der Waals surface area contributed by atoms with Crippen molar-refractivity contribution in [3.63, 3.8) is 0 Å². The van der Waals surface area contributed by atoms with Crippen LogP contribution >= 0.6 is 0 Å². The van der Waals surface area contributed by atoms with Crippen molar-refractivity contribution in [2.75, 3.05) is 20.8 Å². The van der Waals surface area contributed by atoms with E-state index >= 15 is 0 Å².